The number of ether oxygens (including phenoxy) is 3. The second kappa shape index (κ2) is 8.96. The van der Waals surface area contributed by atoms with Crippen LogP contribution in [0.1, 0.15) is 27.9 Å². The van der Waals surface area contributed by atoms with Gasteiger partial charge in [-0.1, -0.05) is 36.4 Å². The third kappa shape index (κ3) is 4.03. The summed E-state index contributed by atoms with van der Waals surface area (Å²) in [4.78, 5) is 28.0. The third-order valence-electron chi connectivity index (χ3n) is 5.84. The maximum Gasteiger partial charge on any atom is 0.264 e. The van der Waals surface area contributed by atoms with Crippen LogP contribution in [-0.2, 0) is 16.9 Å². The van der Waals surface area contributed by atoms with Gasteiger partial charge in [0.1, 0.15) is 5.75 Å². The molecule has 0 spiro atoms. The van der Waals surface area contributed by atoms with Gasteiger partial charge in [-0.25, -0.2) is 0 Å². The molecule has 7 nitrogen and oxygen atoms in total. The highest BCUT2D eigenvalue weighted by Gasteiger charge is 2.50. The molecule has 1 N–H and O–H groups in total. The smallest absolute Gasteiger partial charge is 0.264 e. The first-order chi connectivity index (χ1) is 15.9. The Kier molecular flexibility index (Phi) is 6.07. The lowest BCUT2D eigenvalue weighted by Crippen LogP contribution is -2.41. The highest BCUT2D eigenvalue weighted by atomic mass is 16.5. The Balaban J connectivity index is 1.66. The highest BCUT2D eigenvalue weighted by molar-refractivity contribution is 6.10. The monoisotopic (exact) mass is 447 g/mol. The summed E-state index contributed by atoms with van der Waals surface area (Å²) >= 11 is 0. The third-order valence-corrected chi connectivity index (χ3v) is 5.84. The lowest BCUT2D eigenvalue weighted by atomic mass is 9.88. The van der Waals surface area contributed by atoms with Gasteiger partial charge in [-0.2, -0.15) is 0 Å². The van der Waals surface area contributed by atoms with Crippen LogP contribution in [0.2, 0.25) is 0 Å². The van der Waals surface area contributed by atoms with Crippen molar-refractivity contribution in [2.24, 2.45) is 0 Å². The number of fused-ring (bicyclic) bond motifs is 1. The van der Waals surface area contributed by atoms with Crippen LogP contribution in [0.5, 0.6) is 17.2 Å². The average Bonchev–Trinajstić information content (AvgIpc) is 3.05. The van der Waals surface area contributed by atoms with E-state index < -0.39 is 11.5 Å². The summed E-state index contributed by atoms with van der Waals surface area (Å²) < 4.78 is 15.8. The van der Waals surface area contributed by atoms with Crippen LogP contribution in [0, 0.1) is 0 Å². The van der Waals surface area contributed by atoms with E-state index in [-0.39, 0.29) is 18.7 Å². The van der Waals surface area contributed by atoms with E-state index >= 15 is 0 Å². The Bertz CT molecular complexity index is 1210. The number of anilines is 1. The van der Waals surface area contributed by atoms with E-state index in [9.17, 15) is 14.7 Å². The number of ketones is 1. The van der Waals surface area contributed by atoms with E-state index in [4.69, 9.17) is 14.2 Å². The minimum Gasteiger partial charge on any atom is -0.497 e. The SMILES string of the molecule is COc1cccc(C(=O)C[C@]2(O)C(=O)N(Cc3ccc(OC)c(OC)c3)c3ccccc32)c1. The van der Waals surface area contributed by atoms with Crippen LogP contribution < -0.4 is 19.1 Å². The highest BCUT2D eigenvalue weighted by Crippen LogP contribution is 2.44. The minimum atomic E-state index is -1.96. The van der Waals surface area contributed by atoms with Crippen LogP contribution in [0.4, 0.5) is 5.69 Å². The number of carbonyl (C=O) groups excluding carboxylic acids is 2. The number of Topliss-reactive ketones (excluding diaryl/α,β-unsaturated/α-hetero) is 1. The fourth-order valence-electron chi connectivity index (χ4n) is 4.13. The van der Waals surface area contributed by atoms with Crippen molar-refractivity contribution in [3.63, 3.8) is 0 Å². The number of aliphatic hydroxyl groups is 1. The van der Waals surface area contributed by atoms with E-state index in [1.165, 1.54) is 12.0 Å². The first-order valence-corrected chi connectivity index (χ1v) is 10.4. The van der Waals surface area contributed by atoms with Gasteiger partial charge in [0, 0.05) is 11.1 Å². The molecule has 3 aromatic carbocycles. The lowest BCUT2D eigenvalue weighted by molar-refractivity contribution is -0.136. The fraction of sp³-hybridized carbons (Fsp3) is 0.231. The summed E-state index contributed by atoms with van der Waals surface area (Å²) in [6.07, 6.45) is -0.377. The predicted molar refractivity (Wildman–Crippen MR) is 123 cm³/mol. The maximum atomic E-state index is 13.5. The van der Waals surface area contributed by atoms with Crippen molar-refractivity contribution in [3.8, 4) is 17.2 Å². The molecule has 1 aliphatic heterocycles. The zero-order valence-electron chi connectivity index (χ0n) is 18.7. The first kappa shape index (κ1) is 22.4. The molecule has 0 saturated heterocycles. The van der Waals surface area contributed by atoms with Crippen LogP contribution in [0.15, 0.2) is 66.7 Å². The Morgan fingerprint density at radius 1 is 0.909 bits per heavy atom. The quantitative estimate of drug-likeness (QED) is 0.530. The van der Waals surface area contributed by atoms with Gasteiger partial charge in [-0.3, -0.25) is 9.59 Å². The molecular weight excluding hydrogens is 422 g/mol. The molecule has 0 saturated carbocycles. The summed E-state index contributed by atoms with van der Waals surface area (Å²) in [6.45, 7) is 0.200. The Hall–Kier alpha value is -3.84. The van der Waals surface area contributed by atoms with E-state index in [0.29, 0.717) is 34.1 Å². The number of carbonyl (C=O) groups is 2. The van der Waals surface area contributed by atoms with Crippen molar-refractivity contribution in [1.29, 1.82) is 0 Å². The molecule has 0 bridgehead atoms. The summed E-state index contributed by atoms with van der Waals surface area (Å²) in [6, 6.07) is 19.0. The van der Waals surface area contributed by atoms with Gasteiger partial charge < -0.3 is 24.2 Å². The number of hydrogen-bond donors (Lipinski definition) is 1. The van der Waals surface area contributed by atoms with Crippen molar-refractivity contribution < 1.29 is 28.9 Å². The summed E-state index contributed by atoms with van der Waals surface area (Å²) in [5, 5.41) is 11.5. The van der Waals surface area contributed by atoms with Crippen LogP contribution in [0.3, 0.4) is 0 Å². The lowest BCUT2D eigenvalue weighted by Gasteiger charge is -2.23. The van der Waals surface area contributed by atoms with Crippen molar-refractivity contribution in [3.05, 3.63) is 83.4 Å². The van der Waals surface area contributed by atoms with Crippen molar-refractivity contribution in [2.45, 2.75) is 18.6 Å². The molecule has 3 aromatic rings. The Morgan fingerprint density at radius 2 is 1.67 bits per heavy atom. The topological polar surface area (TPSA) is 85.3 Å². The normalized spacial score (nSPS) is 17.0. The molecular formula is C26H25NO6. The summed E-state index contributed by atoms with van der Waals surface area (Å²) in [7, 11) is 4.61. The summed E-state index contributed by atoms with van der Waals surface area (Å²) in [5.74, 6) is 0.747. The first-order valence-electron chi connectivity index (χ1n) is 10.4. The number of hydrogen-bond acceptors (Lipinski definition) is 6. The number of rotatable bonds is 8. The Labute approximate surface area is 192 Å². The molecule has 33 heavy (non-hydrogen) atoms. The second-order valence-electron chi connectivity index (χ2n) is 7.79. The zero-order valence-corrected chi connectivity index (χ0v) is 18.7. The predicted octanol–water partition coefficient (Wildman–Crippen LogP) is 3.72. The number of benzene rings is 3. The average molecular weight is 447 g/mol. The van der Waals surface area contributed by atoms with Crippen LogP contribution in [-0.4, -0.2) is 38.1 Å². The van der Waals surface area contributed by atoms with Crippen LogP contribution >= 0.6 is 0 Å². The molecule has 0 aromatic heterocycles. The van der Waals surface area contributed by atoms with Crippen molar-refractivity contribution in [1.82, 2.24) is 0 Å². The molecule has 7 heteroatoms. The molecule has 0 aliphatic carbocycles. The zero-order chi connectivity index (χ0) is 23.6. The fourth-order valence-corrected chi connectivity index (χ4v) is 4.13. The molecule has 1 atom stereocenters. The number of nitrogens with zero attached hydrogens (tertiary/aromatic N) is 1. The number of para-hydroxylation sites is 1. The number of methoxy groups -OCH3 is 3. The standard InChI is InChI=1S/C26H25NO6/c1-31-19-8-6-7-18(14-19)22(28)15-26(30)20-9-4-5-10-21(20)27(25(26)29)16-17-11-12-23(32-2)24(13-17)33-3/h4-14,30H,15-16H2,1-3H3/t26-/m1/s1. The Morgan fingerprint density at radius 3 is 2.39 bits per heavy atom. The van der Waals surface area contributed by atoms with Gasteiger partial charge in [-0.05, 0) is 35.9 Å². The van der Waals surface area contributed by atoms with Crippen molar-refractivity contribution >= 4 is 17.4 Å². The molecule has 0 fully saturated rings. The largest absolute Gasteiger partial charge is 0.497 e. The second-order valence-corrected chi connectivity index (χ2v) is 7.79. The van der Waals surface area contributed by atoms with Gasteiger partial charge in [0.25, 0.3) is 5.91 Å². The molecule has 170 valence electrons. The molecule has 1 amide bonds. The number of amides is 1. The molecule has 1 heterocycles. The molecule has 1 aliphatic rings. The van der Waals surface area contributed by atoms with E-state index in [2.05, 4.69) is 0 Å². The molecule has 0 radical (unpaired) electrons. The van der Waals surface area contributed by atoms with Gasteiger partial charge in [-0.15, -0.1) is 0 Å². The minimum absolute atomic E-state index is 0.200. The molecule has 0 unspecified atom stereocenters. The van der Waals surface area contributed by atoms with Gasteiger partial charge in [0.2, 0.25) is 0 Å². The molecule has 4 rings (SSSR count). The van der Waals surface area contributed by atoms with Gasteiger partial charge in [0.05, 0.1) is 40.0 Å². The van der Waals surface area contributed by atoms with Gasteiger partial charge >= 0.3 is 0 Å². The van der Waals surface area contributed by atoms with Gasteiger partial charge in [0.15, 0.2) is 22.9 Å². The van der Waals surface area contributed by atoms with Crippen molar-refractivity contribution in [2.75, 3.05) is 26.2 Å². The maximum absolute atomic E-state index is 13.5. The summed E-state index contributed by atoms with van der Waals surface area (Å²) in [5.41, 5.74) is 0.170. The van der Waals surface area contributed by atoms with Crippen LogP contribution in [0.25, 0.3) is 0 Å². The van der Waals surface area contributed by atoms with E-state index in [1.807, 2.05) is 6.07 Å². The van der Waals surface area contributed by atoms with E-state index in [0.717, 1.165) is 5.56 Å². The van der Waals surface area contributed by atoms with E-state index in [1.54, 1.807) is 74.9 Å².